The first-order valence-corrected chi connectivity index (χ1v) is 6.48. The normalized spacial score (nSPS) is 15.7. The van der Waals surface area contributed by atoms with Crippen LogP contribution in [0.5, 0.6) is 0 Å². The van der Waals surface area contributed by atoms with Crippen molar-refractivity contribution in [1.29, 1.82) is 0 Å². The molecule has 1 saturated heterocycles. The second-order valence-corrected chi connectivity index (χ2v) is 4.45. The molecule has 1 aliphatic rings. The van der Waals surface area contributed by atoms with Gasteiger partial charge in [0.05, 0.1) is 30.8 Å². The maximum atomic E-state index is 11.4. The molecule has 0 aliphatic carbocycles. The summed E-state index contributed by atoms with van der Waals surface area (Å²) in [4.78, 5) is 16.3. The minimum absolute atomic E-state index is 0.170. The van der Waals surface area contributed by atoms with Crippen molar-refractivity contribution in [1.82, 2.24) is 5.01 Å². The molecule has 0 unspecified atom stereocenters. The molecule has 0 aromatic carbocycles. The second-order valence-electron chi connectivity index (χ2n) is 4.45. The van der Waals surface area contributed by atoms with Gasteiger partial charge < -0.3 is 19.5 Å². The summed E-state index contributed by atoms with van der Waals surface area (Å²) in [7, 11) is 0. The molecular weight excluding hydrogens is 254 g/mol. The minimum Gasteiger partial charge on any atom is -0.569 e. The summed E-state index contributed by atoms with van der Waals surface area (Å²) in [5.41, 5.74) is 0. The zero-order valence-electron chi connectivity index (χ0n) is 11.4. The Kier molecular flexibility index (Phi) is 6.76. The standard InChI is InChI=1S/C11H21N3O5/c1-10(2)19-11(15)17-8-5-9-18-12-14(16)13-6-3-4-7-13/h10H,3-9H2,1-2H3/b14-12-. The lowest BCUT2D eigenvalue weighted by molar-refractivity contribution is -0.707. The summed E-state index contributed by atoms with van der Waals surface area (Å²) < 4.78 is 9.55. The Morgan fingerprint density at radius 3 is 2.68 bits per heavy atom. The number of carbonyl (C=O) groups excluding carboxylic acids is 1. The predicted octanol–water partition coefficient (Wildman–Crippen LogP) is 1.84. The van der Waals surface area contributed by atoms with Gasteiger partial charge >= 0.3 is 6.16 Å². The summed E-state index contributed by atoms with van der Waals surface area (Å²) in [5, 5.41) is 16.3. The zero-order chi connectivity index (χ0) is 14.1. The van der Waals surface area contributed by atoms with Crippen LogP contribution in [-0.4, -0.2) is 48.5 Å². The van der Waals surface area contributed by atoms with Gasteiger partial charge in [-0.3, -0.25) is 0 Å². The van der Waals surface area contributed by atoms with Crippen LogP contribution in [0.15, 0.2) is 5.28 Å². The van der Waals surface area contributed by atoms with E-state index in [0.29, 0.717) is 24.5 Å². The summed E-state index contributed by atoms with van der Waals surface area (Å²) in [6, 6.07) is 0. The van der Waals surface area contributed by atoms with Gasteiger partial charge in [0.1, 0.15) is 6.61 Å². The molecule has 0 aromatic heterocycles. The van der Waals surface area contributed by atoms with Gasteiger partial charge in [0, 0.05) is 6.42 Å². The van der Waals surface area contributed by atoms with Crippen molar-refractivity contribution in [2.75, 3.05) is 26.3 Å². The summed E-state index contributed by atoms with van der Waals surface area (Å²) >= 11 is 0. The van der Waals surface area contributed by atoms with Gasteiger partial charge in [-0.15, -0.1) is 5.01 Å². The molecule has 110 valence electrons. The van der Waals surface area contributed by atoms with Crippen molar-refractivity contribution in [2.24, 2.45) is 5.28 Å². The summed E-state index contributed by atoms with van der Waals surface area (Å²) in [6.07, 6.45) is 1.55. The third-order valence-electron chi connectivity index (χ3n) is 2.38. The predicted molar refractivity (Wildman–Crippen MR) is 65.0 cm³/mol. The molecule has 0 saturated carbocycles. The van der Waals surface area contributed by atoms with Gasteiger partial charge in [-0.1, -0.05) is 0 Å². The lowest BCUT2D eigenvalue weighted by atomic mass is 10.4. The molecule has 0 bridgehead atoms. The third-order valence-corrected chi connectivity index (χ3v) is 2.38. The van der Waals surface area contributed by atoms with E-state index in [0.717, 1.165) is 12.8 Å². The van der Waals surface area contributed by atoms with Gasteiger partial charge in [-0.05, 0) is 26.7 Å². The topological polar surface area (TPSA) is 86.4 Å². The molecule has 1 rings (SSSR count). The Morgan fingerprint density at radius 2 is 2.05 bits per heavy atom. The number of carbonyl (C=O) groups is 1. The Morgan fingerprint density at radius 1 is 1.37 bits per heavy atom. The van der Waals surface area contributed by atoms with E-state index in [2.05, 4.69) is 5.28 Å². The van der Waals surface area contributed by atoms with Crippen LogP contribution in [0.2, 0.25) is 0 Å². The van der Waals surface area contributed by atoms with Gasteiger partial charge in [-0.2, -0.15) is 0 Å². The first kappa shape index (κ1) is 15.3. The fourth-order valence-electron chi connectivity index (χ4n) is 1.52. The van der Waals surface area contributed by atoms with Crippen LogP contribution in [0.25, 0.3) is 0 Å². The second kappa shape index (κ2) is 8.39. The molecule has 0 amide bonds. The monoisotopic (exact) mass is 275 g/mol. The largest absolute Gasteiger partial charge is 0.569 e. The quantitative estimate of drug-likeness (QED) is 0.232. The molecule has 0 spiro atoms. The highest BCUT2D eigenvalue weighted by Gasteiger charge is 2.18. The zero-order valence-corrected chi connectivity index (χ0v) is 11.4. The van der Waals surface area contributed by atoms with Crippen LogP contribution in [-0.2, 0) is 14.3 Å². The van der Waals surface area contributed by atoms with Crippen LogP contribution in [0.3, 0.4) is 0 Å². The first-order valence-electron chi connectivity index (χ1n) is 6.48. The average Bonchev–Trinajstić information content (AvgIpc) is 2.86. The molecule has 8 nitrogen and oxygen atoms in total. The molecule has 0 atom stereocenters. The Balaban J connectivity index is 2.01. The van der Waals surface area contributed by atoms with Crippen molar-refractivity contribution in [3.05, 3.63) is 5.21 Å². The van der Waals surface area contributed by atoms with Crippen LogP contribution < -0.4 is 0 Å². The summed E-state index contributed by atoms with van der Waals surface area (Å²) in [5.74, 6) is 0. The van der Waals surface area contributed by atoms with Crippen molar-refractivity contribution in [3.63, 3.8) is 0 Å². The van der Waals surface area contributed by atoms with Crippen LogP contribution >= 0.6 is 0 Å². The number of hydrogen-bond donors (Lipinski definition) is 0. The number of nitrogens with zero attached hydrogens (tertiary/aromatic N) is 3. The molecule has 1 heterocycles. The maximum Gasteiger partial charge on any atom is 0.508 e. The van der Waals surface area contributed by atoms with E-state index in [4.69, 9.17) is 14.3 Å². The van der Waals surface area contributed by atoms with Crippen molar-refractivity contribution < 1.29 is 24.1 Å². The van der Waals surface area contributed by atoms with Crippen LogP contribution in [0, 0.1) is 5.21 Å². The average molecular weight is 275 g/mol. The third kappa shape index (κ3) is 6.68. The Hall–Kier alpha value is -1.73. The van der Waals surface area contributed by atoms with Gasteiger partial charge in [0.2, 0.25) is 5.28 Å². The van der Waals surface area contributed by atoms with Crippen LogP contribution in [0.4, 0.5) is 4.79 Å². The van der Waals surface area contributed by atoms with Crippen molar-refractivity contribution in [3.8, 4) is 0 Å². The number of rotatable bonds is 7. The minimum atomic E-state index is -0.700. The van der Waals surface area contributed by atoms with E-state index in [1.165, 1.54) is 0 Å². The molecule has 0 aromatic rings. The molecule has 0 radical (unpaired) electrons. The molecular formula is C11H21N3O5. The lowest BCUT2D eigenvalue weighted by Gasteiger charge is -2.10. The SMILES string of the molecule is CC(C)OC(=O)OCCCO/N=[N+](\[O-])N1CCCC1. The van der Waals surface area contributed by atoms with E-state index in [-0.39, 0.29) is 19.3 Å². The number of ether oxygens (including phenoxy) is 2. The molecule has 1 aliphatic heterocycles. The highest BCUT2D eigenvalue weighted by atomic mass is 16.7. The van der Waals surface area contributed by atoms with Crippen LogP contribution in [0.1, 0.15) is 33.1 Å². The maximum absolute atomic E-state index is 11.4. The van der Waals surface area contributed by atoms with Gasteiger partial charge in [0.25, 0.3) is 0 Å². The molecule has 8 heteroatoms. The summed E-state index contributed by atoms with van der Waals surface area (Å²) in [6.45, 7) is 5.28. The number of hydrogen-bond acceptors (Lipinski definition) is 6. The highest BCUT2D eigenvalue weighted by molar-refractivity contribution is 5.59. The van der Waals surface area contributed by atoms with Crippen molar-refractivity contribution in [2.45, 2.75) is 39.2 Å². The van der Waals surface area contributed by atoms with E-state index in [1.807, 2.05) is 0 Å². The van der Waals surface area contributed by atoms with E-state index in [9.17, 15) is 10.0 Å². The highest BCUT2D eigenvalue weighted by Crippen LogP contribution is 2.07. The Bertz CT molecular complexity index is 303. The van der Waals surface area contributed by atoms with E-state index < -0.39 is 6.16 Å². The fraction of sp³-hybridized carbons (Fsp3) is 0.909. The molecule has 1 fully saturated rings. The smallest absolute Gasteiger partial charge is 0.508 e. The first-order chi connectivity index (χ1) is 9.09. The van der Waals surface area contributed by atoms with Gasteiger partial charge in [-0.25, -0.2) is 4.79 Å². The van der Waals surface area contributed by atoms with Crippen molar-refractivity contribution >= 4 is 6.16 Å². The fourth-order valence-corrected chi connectivity index (χ4v) is 1.52. The van der Waals surface area contributed by atoms with E-state index >= 15 is 0 Å². The van der Waals surface area contributed by atoms with E-state index in [1.54, 1.807) is 18.9 Å². The van der Waals surface area contributed by atoms with Gasteiger partial charge in [0.15, 0.2) is 0 Å². The molecule has 0 N–H and O–H groups in total. The molecule has 19 heavy (non-hydrogen) atoms. The Labute approximate surface area is 112 Å². The lowest BCUT2D eigenvalue weighted by Crippen LogP contribution is -2.27. The number of hydrazine groups is 1.